The third-order valence-corrected chi connectivity index (χ3v) is 2.73. The first-order chi connectivity index (χ1) is 8.58. The average molecular weight is 266 g/mol. The number of hydrogen-bond donors (Lipinski definition) is 2. The number of hydrogen-bond acceptors (Lipinski definition) is 4. The Hall–Kier alpha value is -2.01. The zero-order chi connectivity index (χ0) is 13.1. The molecule has 0 saturated carbocycles. The van der Waals surface area contributed by atoms with Crippen LogP contribution in [-0.4, -0.2) is 11.1 Å². The molecule has 2 rings (SSSR count). The Morgan fingerprint density at radius 1 is 1.56 bits per heavy atom. The van der Waals surface area contributed by atoms with E-state index < -0.39 is 0 Å². The SMILES string of the molecule is Cc1cc(CNC(=O)c2cccc(Cl)c2N)on1. The summed E-state index contributed by atoms with van der Waals surface area (Å²) in [5, 5.41) is 6.77. The van der Waals surface area contributed by atoms with E-state index >= 15 is 0 Å². The van der Waals surface area contributed by atoms with Crippen LogP contribution in [0.15, 0.2) is 28.8 Å². The molecule has 2 aromatic rings. The van der Waals surface area contributed by atoms with Gasteiger partial charge in [-0.25, -0.2) is 0 Å². The van der Waals surface area contributed by atoms with Crippen molar-refractivity contribution in [2.45, 2.75) is 13.5 Å². The third kappa shape index (κ3) is 2.62. The number of benzene rings is 1. The fourth-order valence-electron chi connectivity index (χ4n) is 1.50. The molecule has 0 aliphatic heterocycles. The van der Waals surface area contributed by atoms with Crippen LogP contribution in [0.5, 0.6) is 0 Å². The van der Waals surface area contributed by atoms with Crippen molar-refractivity contribution >= 4 is 23.2 Å². The van der Waals surface area contributed by atoms with Gasteiger partial charge in [0.15, 0.2) is 5.76 Å². The van der Waals surface area contributed by atoms with Crippen LogP contribution in [0.4, 0.5) is 5.69 Å². The van der Waals surface area contributed by atoms with Crippen LogP contribution in [0, 0.1) is 6.92 Å². The minimum atomic E-state index is -0.302. The van der Waals surface area contributed by atoms with Crippen molar-refractivity contribution in [2.24, 2.45) is 0 Å². The number of aromatic nitrogens is 1. The van der Waals surface area contributed by atoms with E-state index in [0.29, 0.717) is 16.3 Å². The number of rotatable bonds is 3. The maximum atomic E-state index is 11.9. The summed E-state index contributed by atoms with van der Waals surface area (Å²) in [6.07, 6.45) is 0. The maximum absolute atomic E-state index is 11.9. The van der Waals surface area contributed by atoms with Crippen molar-refractivity contribution in [3.8, 4) is 0 Å². The first kappa shape index (κ1) is 12.4. The van der Waals surface area contributed by atoms with E-state index in [1.165, 1.54) is 0 Å². The highest BCUT2D eigenvalue weighted by Crippen LogP contribution is 2.22. The molecule has 18 heavy (non-hydrogen) atoms. The number of anilines is 1. The summed E-state index contributed by atoms with van der Waals surface area (Å²) in [7, 11) is 0. The molecule has 0 radical (unpaired) electrons. The molecular weight excluding hydrogens is 254 g/mol. The van der Waals surface area contributed by atoms with Gasteiger partial charge in [0.05, 0.1) is 28.5 Å². The first-order valence-corrected chi connectivity index (χ1v) is 5.70. The number of halogens is 1. The lowest BCUT2D eigenvalue weighted by Gasteiger charge is -2.06. The Labute approximate surface area is 109 Å². The Morgan fingerprint density at radius 3 is 3.00 bits per heavy atom. The van der Waals surface area contributed by atoms with Crippen molar-refractivity contribution in [2.75, 3.05) is 5.73 Å². The third-order valence-electron chi connectivity index (χ3n) is 2.40. The van der Waals surface area contributed by atoms with Gasteiger partial charge in [0, 0.05) is 6.07 Å². The smallest absolute Gasteiger partial charge is 0.253 e. The molecule has 0 bridgehead atoms. The van der Waals surface area contributed by atoms with Crippen LogP contribution >= 0.6 is 11.6 Å². The molecule has 3 N–H and O–H groups in total. The lowest BCUT2D eigenvalue weighted by atomic mass is 10.1. The van der Waals surface area contributed by atoms with Crippen LogP contribution in [-0.2, 0) is 6.54 Å². The van der Waals surface area contributed by atoms with E-state index in [2.05, 4.69) is 10.5 Å². The van der Waals surface area contributed by atoms with Crippen LogP contribution in [0.2, 0.25) is 5.02 Å². The zero-order valence-electron chi connectivity index (χ0n) is 9.74. The fraction of sp³-hybridized carbons (Fsp3) is 0.167. The highest BCUT2D eigenvalue weighted by molar-refractivity contribution is 6.33. The molecule has 0 aliphatic carbocycles. The van der Waals surface area contributed by atoms with Gasteiger partial charge < -0.3 is 15.6 Å². The van der Waals surface area contributed by atoms with Gasteiger partial charge in [0.2, 0.25) is 0 Å². The van der Waals surface area contributed by atoms with Crippen LogP contribution in [0.25, 0.3) is 0 Å². The standard InChI is InChI=1S/C12H12ClN3O2/c1-7-5-8(18-16-7)6-15-12(17)9-3-2-4-10(13)11(9)14/h2-5H,6,14H2,1H3,(H,15,17). The second-order valence-electron chi connectivity index (χ2n) is 3.82. The Bertz CT molecular complexity index is 580. The highest BCUT2D eigenvalue weighted by atomic mass is 35.5. The molecule has 1 amide bonds. The Kier molecular flexibility index (Phi) is 3.53. The summed E-state index contributed by atoms with van der Waals surface area (Å²) < 4.78 is 4.98. The molecule has 5 nitrogen and oxygen atoms in total. The second kappa shape index (κ2) is 5.10. The number of carbonyl (C=O) groups is 1. The van der Waals surface area contributed by atoms with Crippen molar-refractivity contribution < 1.29 is 9.32 Å². The van der Waals surface area contributed by atoms with Crippen molar-refractivity contribution in [3.05, 3.63) is 46.3 Å². The van der Waals surface area contributed by atoms with E-state index in [-0.39, 0.29) is 18.1 Å². The summed E-state index contributed by atoms with van der Waals surface area (Å²) in [6.45, 7) is 2.06. The number of para-hydroxylation sites is 1. The Morgan fingerprint density at radius 2 is 2.33 bits per heavy atom. The molecule has 0 saturated heterocycles. The van der Waals surface area contributed by atoms with Crippen LogP contribution in [0.1, 0.15) is 21.8 Å². The van der Waals surface area contributed by atoms with Gasteiger partial charge in [-0.1, -0.05) is 22.8 Å². The van der Waals surface area contributed by atoms with Gasteiger partial charge >= 0.3 is 0 Å². The summed E-state index contributed by atoms with van der Waals surface area (Å²) in [5.41, 5.74) is 7.11. The minimum Gasteiger partial charge on any atom is -0.397 e. The lowest BCUT2D eigenvalue weighted by molar-refractivity contribution is 0.0948. The summed E-state index contributed by atoms with van der Waals surface area (Å²) >= 11 is 5.84. The molecule has 1 heterocycles. The number of amides is 1. The molecule has 0 aliphatic rings. The van der Waals surface area contributed by atoms with Gasteiger partial charge in [0.1, 0.15) is 0 Å². The quantitative estimate of drug-likeness (QED) is 0.833. The molecule has 0 unspecified atom stereocenters. The summed E-state index contributed by atoms with van der Waals surface area (Å²) in [6, 6.07) is 6.67. The number of carbonyl (C=O) groups excluding carboxylic acids is 1. The van der Waals surface area contributed by atoms with Crippen molar-refractivity contribution in [1.29, 1.82) is 0 Å². The highest BCUT2D eigenvalue weighted by Gasteiger charge is 2.12. The largest absolute Gasteiger partial charge is 0.397 e. The topological polar surface area (TPSA) is 81.2 Å². The number of nitrogens with zero attached hydrogens (tertiary/aromatic N) is 1. The molecule has 0 atom stereocenters. The van der Waals surface area contributed by atoms with Crippen LogP contribution < -0.4 is 11.1 Å². The van der Waals surface area contributed by atoms with Crippen molar-refractivity contribution in [1.82, 2.24) is 10.5 Å². The molecule has 1 aromatic heterocycles. The number of nitrogen functional groups attached to an aromatic ring is 1. The molecule has 0 fully saturated rings. The van der Waals surface area contributed by atoms with Gasteiger partial charge in [-0.15, -0.1) is 0 Å². The fourth-order valence-corrected chi connectivity index (χ4v) is 1.67. The predicted molar refractivity (Wildman–Crippen MR) is 68.3 cm³/mol. The molecule has 0 spiro atoms. The monoisotopic (exact) mass is 265 g/mol. The average Bonchev–Trinajstić information content (AvgIpc) is 2.76. The van der Waals surface area contributed by atoms with E-state index in [0.717, 1.165) is 5.69 Å². The molecular formula is C12H12ClN3O2. The lowest BCUT2D eigenvalue weighted by Crippen LogP contribution is -2.23. The zero-order valence-corrected chi connectivity index (χ0v) is 10.5. The summed E-state index contributed by atoms with van der Waals surface area (Å²) in [5.74, 6) is 0.283. The van der Waals surface area contributed by atoms with Gasteiger partial charge in [0.25, 0.3) is 5.91 Å². The molecule has 1 aromatic carbocycles. The van der Waals surface area contributed by atoms with E-state index in [4.69, 9.17) is 21.9 Å². The van der Waals surface area contributed by atoms with Gasteiger partial charge in [-0.2, -0.15) is 0 Å². The molecule has 6 heteroatoms. The summed E-state index contributed by atoms with van der Waals surface area (Å²) in [4.78, 5) is 11.9. The molecule has 94 valence electrons. The number of nitrogens with two attached hydrogens (primary N) is 1. The predicted octanol–water partition coefficient (Wildman–Crippen LogP) is 2.15. The van der Waals surface area contributed by atoms with Crippen LogP contribution in [0.3, 0.4) is 0 Å². The maximum Gasteiger partial charge on any atom is 0.253 e. The van der Waals surface area contributed by atoms with Crippen molar-refractivity contribution in [3.63, 3.8) is 0 Å². The van der Waals surface area contributed by atoms with E-state index in [1.54, 1.807) is 24.3 Å². The van der Waals surface area contributed by atoms with E-state index in [9.17, 15) is 4.79 Å². The second-order valence-corrected chi connectivity index (χ2v) is 4.23. The Balaban J connectivity index is 2.06. The van der Waals surface area contributed by atoms with E-state index in [1.807, 2.05) is 6.92 Å². The van der Waals surface area contributed by atoms with Gasteiger partial charge in [-0.05, 0) is 19.1 Å². The minimum absolute atomic E-state index is 0.256. The van der Waals surface area contributed by atoms with Gasteiger partial charge in [-0.3, -0.25) is 4.79 Å². The number of aryl methyl sites for hydroxylation is 1. The number of nitrogens with one attached hydrogen (secondary N) is 1. The normalized spacial score (nSPS) is 10.3. The first-order valence-electron chi connectivity index (χ1n) is 5.32.